The van der Waals surface area contributed by atoms with E-state index in [4.69, 9.17) is 0 Å². The SMILES string of the molecule is OCc1cccc(C(Cc2ccc(F)cc2)Cc2cccnc2)c1. The molecular formula is C21H20FNO. The number of rotatable bonds is 6. The van der Waals surface area contributed by atoms with Gasteiger partial charge in [-0.3, -0.25) is 4.98 Å². The summed E-state index contributed by atoms with van der Waals surface area (Å²) in [4.78, 5) is 4.19. The second-order valence-corrected chi connectivity index (χ2v) is 6.00. The number of benzene rings is 2. The van der Waals surface area contributed by atoms with Gasteiger partial charge in [0.25, 0.3) is 0 Å². The first kappa shape index (κ1) is 16.3. The molecule has 1 heterocycles. The minimum Gasteiger partial charge on any atom is -0.392 e. The van der Waals surface area contributed by atoms with E-state index in [1.807, 2.05) is 42.6 Å². The molecule has 1 aromatic heterocycles. The van der Waals surface area contributed by atoms with Crippen LogP contribution in [0.1, 0.15) is 28.2 Å². The van der Waals surface area contributed by atoms with Crippen LogP contribution in [0.4, 0.5) is 4.39 Å². The summed E-state index contributed by atoms with van der Waals surface area (Å²) in [5, 5.41) is 9.40. The molecule has 1 unspecified atom stereocenters. The number of pyridine rings is 1. The summed E-state index contributed by atoms with van der Waals surface area (Å²) >= 11 is 0. The van der Waals surface area contributed by atoms with Crippen LogP contribution in [0.15, 0.2) is 73.1 Å². The minimum atomic E-state index is -0.218. The maximum atomic E-state index is 13.2. The molecule has 0 saturated heterocycles. The Kier molecular flexibility index (Phi) is 5.34. The lowest BCUT2D eigenvalue weighted by Crippen LogP contribution is -2.08. The summed E-state index contributed by atoms with van der Waals surface area (Å²) in [6, 6.07) is 18.7. The molecule has 0 aliphatic heterocycles. The first-order valence-electron chi connectivity index (χ1n) is 8.07. The molecule has 122 valence electrons. The van der Waals surface area contributed by atoms with Crippen molar-refractivity contribution < 1.29 is 9.50 Å². The van der Waals surface area contributed by atoms with E-state index in [0.717, 1.165) is 24.0 Å². The highest BCUT2D eigenvalue weighted by atomic mass is 19.1. The molecule has 0 spiro atoms. The van der Waals surface area contributed by atoms with Gasteiger partial charge in [0.2, 0.25) is 0 Å². The van der Waals surface area contributed by atoms with E-state index in [0.29, 0.717) is 0 Å². The first-order chi connectivity index (χ1) is 11.7. The zero-order valence-electron chi connectivity index (χ0n) is 13.4. The van der Waals surface area contributed by atoms with Gasteiger partial charge >= 0.3 is 0 Å². The number of hydrogen-bond donors (Lipinski definition) is 1. The predicted molar refractivity (Wildman–Crippen MR) is 93.2 cm³/mol. The molecular weight excluding hydrogens is 301 g/mol. The molecule has 2 nitrogen and oxygen atoms in total. The van der Waals surface area contributed by atoms with Crippen LogP contribution >= 0.6 is 0 Å². The smallest absolute Gasteiger partial charge is 0.123 e. The number of aromatic nitrogens is 1. The van der Waals surface area contributed by atoms with Gasteiger partial charge in [0.15, 0.2) is 0 Å². The van der Waals surface area contributed by atoms with E-state index in [1.165, 1.54) is 23.3 Å². The van der Waals surface area contributed by atoms with Gasteiger partial charge < -0.3 is 5.11 Å². The lowest BCUT2D eigenvalue weighted by atomic mass is 9.86. The highest BCUT2D eigenvalue weighted by molar-refractivity contribution is 5.30. The quantitative estimate of drug-likeness (QED) is 0.735. The fraction of sp³-hybridized carbons (Fsp3) is 0.190. The second kappa shape index (κ2) is 7.84. The van der Waals surface area contributed by atoms with Gasteiger partial charge in [0.1, 0.15) is 5.82 Å². The number of nitrogens with zero attached hydrogens (tertiary/aromatic N) is 1. The first-order valence-corrected chi connectivity index (χ1v) is 8.07. The van der Waals surface area contributed by atoms with Gasteiger partial charge in [-0.2, -0.15) is 0 Å². The minimum absolute atomic E-state index is 0.0317. The Morgan fingerprint density at radius 1 is 0.875 bits per heavy atom. The standard InChI is InChI=1S/C21H20FNO/c22-21-8-6-16(7-9-21)11-20(12-17-4-2-10-23-14-17)19-5-1-3-18(13-19)15-24/h1-10,13-14,20,24H,11-12,15H2. The molecule has 1 N–H and O–H groups in total. The maximum Gasteiger partial charge on any atom is 0.123 e. The van der Waals surface area contributed by atoms with Crippen LogP contribution in [0, 0.1) is 5.82 Å². The van der Waals surface area contributed by atoms with Crippen LogP contribution in [-0.2, 0) is 19.4 Å². The Morgan fingerprint density at radius 2 is 1.62 bits per heavy atom. The number of aliphatic hydroxyl groups excluding tert-OH is 1. The van der Waals surface area contributed by atoms with Crippen LogP contribution in [0.3, 0.4) is 0 Å². The van der Waals surface area contributed by atoms with Crippen molar-refractivity contribution in [2.75, 3.05) is 0 Å². The molecule has 3 aromatic rings. The molecule has 0 saturated carbocycles. The lowest BCUT2D eigenvalue weighted by Gasteiger charge is -2.18. The Morgan fingerprint density at radius 3 is 2.33 bits per heavy atom. The van der Waals surface area contributed by atoms with Crippen molar-refractivity contribution in [3.63, 3.8) is 0 Å². The third-order valence-corrected chi connectivity index (χ3v) is 4.21. The largest absolute Gasteiger partial charge is 0.392 e. The van der Waals surface area contributed by atoms with Gasteiger partial charge in [0, 0.05) is 12.4 Å². The fourth-order valence-corrected chi connectivity index (χ4v) is 2.96. The fourth-order valence-electron chi connectivity index (χ4n) is 2.96. The van der Waals surface area contributed by atoms with Gasteiger partial charge in [-0.05, 0) is 59.2 Å². The molecule has 0 aliphatic carbocycles. The third-order valence-electron chi connectivity index (χ3n) is 4.21. The average molecular weight is 321 g/mol. The topological polar surface area (TPSA) is 33.1 Å². The Balaban J connectivity index is 1.88. The summed E-state index contributed by atoms with van der Waals surface area (Å²) in [7, 11) is 0. The molecule has 0 radical (unpaired) electrons. The second-order valence-electron chi connectivity index (χ2n) is 6.00. The van der Waals surface area contributed by atoms with Crippen LogP contribution in [0.5, 0.6) is 0 Å². The third kappa shape index (κ3) is 4.27. The number of hydrogen-bond acceptors (Lipinski definition) is 2. The lowest BCUT2D eigenvalue weighted by molar-refractivity contribution is 0.281. The molecule has 0 aliphatic rings. The Hall–Kier alpha value is -2.52. The molecule has 3 rings (SSSR count). The highest BCUT2D eigenvalue weighted by Gasteiger charge is 2.14. The van der Waals surface area contributed by atoms with Crippen LogP contribution in [0.25, 0.3) is 0 Å². The summed E-state index contributed by atoms with van der Waals surface area (Å²) in [5.74, 6) is 0.0241. The van der Waals surface area contributed by atoms with Gasteiger partial charge in [-0.1, -0.05) is 42.5 Å². The van der Waals surface area contributed by atoms with Gasteiger partial charge in [0.05, 0.1) is 6.61 Å². The molecule has 0 fully saturated rings. The van der Waals surface area contributed by atoms with Crippen LogP contribution < -0.4 is 0 Å². The molecule has 3 heteroatoms. The van der Waals surface area contributed by atoms with Crippen molar-refractivity contribution in [2.24, 2.45) is 0 Å². The summed E-state index contributed by atoms with van der Waals surface area (Å²) in [6.45, 7) is 0.0317. The number of aliphatic hydroxyl groups is 1. The van der Waals surface area contributed by atoms with E-state index in [-0.39, 0.29) is 18.3 Å². The zero-order chi connectivity index (χ0) is 16.8. The molecule has 1 atom stereocenters. The molecule has 24 heavy (non-hydrogen) atoms. The summed E-state index contributed by atoms with van der Waals surface area (Å²) in [6.07, 6.45) is 5.31. The van der Waals surface area contributed by atoms with Crippen molar-refractivity contribution in [1.29, 1.82) is 0 Å². The van der Waals surface area contributed by atoms with Gasteiger partial charge in [-0.25, -0.2) is 4.39 Å². The number of halogens is 1. The van der Waals surface area contributed by atoms with Crippen molar-refractivity contribution in [3.05, 3.63) is 101 Å². The predicted octanol–water partition coefficient (Wildman–Crippen LogP) is 4.28. The van der Waals surface area contributed by atoms with E-state index in [2.05, 4.69) is 17.1 Å². The van der Waals surface area contributed by atoms with E-state index in [1.54, 1.807) is 6.20 Å². The molecule has 0 bridgehead atoms. The average Bonchev–Trinajstić information content (AvgIpc) is 2.64. The van der Waals surface area contributed by atoms with Gasteiger partial charge in [-0.15, -0.1) is 0 Å². The Bertz CT molecular complexity index is 771. The Labute approximate surface area is 141 Å². The van der Waals surface area contributed by atoms with E-state index >= 15 is 0 Å². The van der Waals surface area contributed by atoms with E-state index in [9.17, 15) is 9.50 Å². The zero-order valence-corrected chi connectivity index (χ0v) is 13.4. The normalized spacial score (nSPS) is 12.1. The van der Waals surface area contributed by atoms with Crippen molar-refractivity contribution in [1.82, 2.24) is 4.98 Å². The van der Waals surface area contributed by atoms with Crippen molar-refractivity contribution in [2.45, 2.75) is 25.4 Å². The molecule has 0 amide bonds. The monoisotopic (exact) mass is 321 g/mol. The summed E-state index contributed by atoms with van der Waals surface area (Å²) < 4.78 is 13.2. The van der Waals surface area contributed by atoms with Crippen molar-refractivity contribution >= 4 is 0 Å². The maximum absolute atomic E-state index is 13.2. The highest BCUT2D eigenvalue weighted by Crippen LogP contribution is 2.26. The van der Waals surface area contributed by atoms with Crippen molar-refractivity contribution in [3.8, 4) is 0 Å². The van der Waals surface area contributed by atoms with Crippen LogP contribution in [0.2, 0.25) is 0 Å². The van der Waals surface area contributed by atoms with Crippen LogP contribution in [-0.4, -0.2) is 10.1 Å². The van der Waals surface area contributed by atoms with E-state index < -0.39 is 0 Å². The summed E-state index contributed by atoms with van der Waals surface area (Å²) in [5.41, 5.74) is 4.34. The molecule has 2 aromatic carbocycles.